The fourth-order valence-corrected chi connectivity index (χ4v) is 2.16. The summed E-state index contributed by atoms with van der Waals surface area (Å²) in [5.41, 5.74) is 0. The number of aryl methyl sites for hydroxylation is 1. The Kier molecular flexibility index (Phi) is 3.96. The molecule has 1 saturated heterocycles. The second-order valence-corrected chi connectivity index (χ2v) is 4.51. The van der Waals surface area contributed by atoms with Gasteiger partial charge < -0.3 is 14.6 Å². The lowest BCUT2D eigenvalue weighted by atomic mass is 10.1. The van der Waals surface area contributed by atoms with Crippen LogP contribution in [0.4, 0.5) is 0 Å². The molecule has 0 spiro atoms. The van der Waals surface area contributed by atoms with Crippen molar-refractivity contribution in [2.45, 2.75) is 38.3 Å². The van der Waals surface area contributed by atoms with Crippen molar-refractivity contribution in [1.29, 1.82) is 0 Å². The molecule has 2 unspecified atom stereocenters. The molecule has 1 N–H and O–H groups in total. The second kappa shape index (κ2) is 5.46. The highest BCUT2D eigenvalue weighted by molar-refractivity contribution is 4.97. The van der Waals surface area contributed by atoms with E-state index in [-0.39, 0.29) is 6.04 Å². The quantitative estimate of drug-likeness (QED) is 0.843. The Hall–Kier alpha value is -0.870. The summed E-state index contributed by atoms with van der Waals surface area (Å²) >= 11 is 0. The van der Waals surface area contributed by atoms with Gasteiger partial charge in [0.1, 0.15) is 5.82 Å². The molecule has 4 nitrogen and oxygen atoms in total. The minimum Gasteiger partial charge on any atom is -0.377 e. The summed E-state index contributed by atoms with van der Waals surface area (Å²) in [6.45, 7) is 3.99. The van der Waals surface area contributed by atoms with E-state index in [4.69, 9.17) is 4.74 Å². The van der Waals surface area contributed by atoms with Crippen molar-refractivity contribution in [3.8, 4) is 0 Å². The maximum absolute atomic E-state index is 5.69. The van der Waals surface area contributed by atoms with Gasteiger partial charge in [-0.25, -0.2) is 4.98 Å². The first kappa shape index (κ1) is 11.6. The van der Waals surface area contributed by atoms with Crippen molar-refractivity contribution in [3.05, 3.63) is 18.2 Å². The summed E-state index contributed by atoms with van der Waals surface area (Å²) in [5, 5.41) is 3.49. The van der Waals surface area contributed by atoms with Crippen LogP contribution in [0, 0.1) is 0 Å². The summed E-state index contributed by atoms with van der Waals surface area (Å²) < 4.78 is 7.74. The van der Waals surface area contributed by atoms with E-state index in [0.717, 1.165) is 19.0 Å². The fraction of sp³-hybridized carbons (Fsp3) is 0.750. The van der Waals surface area contributed by atoms with Crippen LogP contribution in [0.3, 0.4) is 0 Å². The minimum atomic E-state index is 0.283. The molecular weight excluding hydrogens is 202 g/mol. The van der Waals surface area contributed by atoms with Gasteiger partial charge in [0.2, 0.25) is 0 Å². The number of nitrogens with zero attached hydrogens (tertiary/aromatic N) is 2. The lowest BCUT2D eigenvalue weighted by Crippen LogP contribution is -2.34. The Morgan fingerprint density at radius 2 is 2.50 bits per heavy atom. The predicted molar refractivity (Wildman–Crippen MR) is 63.2 cm³/mol. The molecule has 0 aromatic carbocycles. The maximum Gasteiger partial charge on any atom is 0.125 e. The zero-order valence-corrected chi connectivity index (χ0v) is 10.1. The van der Waals surface area contributed by atoms with Gasteiger partial charge >= 0.3 is 0 Å². The standard InChI is InChI=1S/C12H21N3O/c1-10(12-13-6-7-15(12)2)14-9-11-5-3-4-8-16-11/h6-7,10-11,14H,3-5,8-9H2,1-2H3. The van der Waals surface area contributed by atoms with Gasteiger partial charge in [0.15, 0.2) is 0 Å². The van der Waals surface area contributed by atoms with E-state index >= 15 is 0 Å². The minimum absolute atomic E-state index is 0.283. The molecule has 16 heavy (non-hydrogen) atoms. The number of nitrogens with one attached hydrogen (secondary N) is 1. The molecule has 0 bridgehead atoms. The summed E-state index contributed by atoms with van der Waals surface area (Å²) in [4.78, 5) is 4.34. The third kappa shape index (κ3) is 2.83. The van der Waals surface area contributed by atoms with Gasteiger partial charge in [-0.1, -0.05) is 0 Å². The molecule has 2 atom stereocenters. The first-order valence-corrected chi connectivity index (χ1v) is 6.09. The van der Waals surface area contributed by atoms with Crippen LogP contribution in [0.2, 0.25) is 0 Å². The number of ether oxygens (including phenoxy) is 1. The molecule has 4 heteroatoms. The van der Waals surface area contributed by atoms with Gasteiger partial charge in [-0.05, 0) is 26.2 Å². The van der Waals surface area contributed by atoms with Gasteiger partial charge in [-0.2, -0.15) is 0 Å². The van der Waals surface area contributed by atoms with Crippen LogP contribution in [-0.4, -0.2) is 28.8 Å². The SMILES string of the molecule is CC(NCC1CCCCO1)c1nccn1C. The molecule has 1 aliphatic rings. The van der Waals surface area contributed by atoms with Crippen molar-refractivity contribution in [1.82, 2.24) is 14.9 Å². The highest BCUT2D eigenvalue weighted by Gasteiger charge is 2.16. The molecule has 1 fully saturated rings. The van der Waals surface area contributed by atoms with E-state index < -0.39 is 0 Å². The Morgan fingerprint density at radius 1 is 1.62 bits per heavy atom. The van der Waals surface area contributed by atoms with Crippen molar-refractivity contribution >= 4 is 0 Å². The van der Waals surface area contributed by atoms with Gasteiger partial charge in [-0.15, -0.1) is 0 Å². The topological polar surface area (TPSA) is 39.1 Å². The van der Waals surface area contributed by atoms with Crippen molar-refractivity contribution in [2.24, 2.45) is 7.05 Å². The molecule has 1 aliphatic heterocycles. The number of aromatic nitrogens is 2. The largest absolute Gasteiger partial charge is 0.377 e. The number of rotatable bonds is 4. The molecule has 1 aromatic rings. The second-order valence-electron chi connectivity index (χ2n) is 4.51. The highest BCUT2D eigenvalue weighted by Crippen LogP contribution is 2.14. The zero-order valence-electron chi connectivity index (χ0n) is 10.1. The van der Waals surface area contributed by atoms with Crippen LogP contribution in [0.15, 0.2) is 12.4 Å². The molecular formula is C12H21N3O. The molecule has 90 valence electrons. The van der Waals surface area contributed by atoms with E-state index in [9.17, 15) is 0 Å². The Balaban J connectivity index is 1.79. The normalized spacial score (nSPS) is 23.2. The maximum atomic E-state index is 5.69. The average Bonchev–Trinajstić information content (AvgIpc) is 2.74. The van der Waals surface area contributed by atoms with E-state index in [1.54, 1.807) is 0 Å². The van der Waals surface area contributed by atoms with Crippen LogP contribution >= 0.6 is 0 Å². The van der Waals surface area contributed by atoms with Crippen LogP contribution in [0.25, 0.3) is 0 Å². The summed E-state index contributed by atoms with van der Waals surface area (Å²) in [6, 6.07) is 0.283. The monoisotopic (exact) mass is 223 g/mol. The van der Waals surface area contributed by atoms with E-state index in [1.165, 1.54) is 19.3 Å². The number of hydrogen-bond acceptors (Lipinski definition) is 3. The summed E-state index contributed by atoms with van der Waals surface area (Å²) in [7, 11) is 2.03. The van der Waals surface area contributed by atoms with Crippen LogP contribution < -0.4 is 5.32 Å². The number of hydrogen-bond donors (Lipinski definition) is 1. The lowest BCUT2D eigenvalue weighted by Gasteiger charge is -2.24. The van der Waals surface area contributed by atoms with Gasteiger partial charge in [0.25, 0.3) is 0 Å². The Labute approximate surface area is 97.0 Å². The van der Waals surface area contributed by atoms with E-state index in [2.05, 4.69) is 21.8 Å². The van der Waals surface area contributed by atoms with Crippen LogP contribution in [-0.2, 0) is 11.8 Å². The average molecular weight is 223 g/mol. The fourth-order valence-electron chi connectivity index (χ4n) is 2.16. The van der Waals surface area contributed by atoms with Crippen molar-refractivity contribution in [2.75, 3.05) is 13.2 Å². The van der Waals surface area contributed by atoms with Crippen molar-refractivity contribution < 1.29 is 4.74 Å². The van der Waals surface area contributed by atoms with Crippen LogP contribution in [0.5, 0.6) is 0 Å². The molecule has 0 aliphatic carbocycles. The third-order valence-corrected chi connectivity index (χ3v) is 3.17. The third-order valence-electron chi connectivity index (χ3n) is 3.17. The van der Waals surface area contributed by atoms with E-state index in [1.807, 2.05) is 19.4 Å². The zero-order chi connectivity index (χ0) is 11.4. The summed E-state index contributed by atoms with van der Waals surface area (Å²) in [5.74, 6) is 1.08. The van der Waals surface area contributed by atoms with Gasteiger partial charge in [-0.3, -0.25) is 0 Å². The van der Waals surface area contributed by atoms with Gasteiger partial charge in [0, 0.05) is 32.6 Å². The molecule has 2 rings (SSSR count). The predicted octanol–water partition coefficient (Wildman–Crippen LogP) is 1.64. The molecule has 0 amide bonds. The molecule has 0 saturated carbocycles. The highest BCUT2D eigenvalue weighted by atomic mass is 16.5. The molecule has 1 aromatic heterocycles. The Morgan fingerprint density at radius 3 is 3.12 bits per heavy atom. The smallest absolute Gasteiger partial charge is 0.125 e. The first-order chi connectivity index (χ1) is 7.77. The number of imidazole rings is 1. The Bertz CT molecular complexity index is 318. The first-order valence-electron chi connectivity index (χ1n) is 6.09. The molecule has 2 heterocycles. The van der Waals surface area contributed by atoms with E-state index in [0.29, 0.717) is 6.10 Å². The van der Waals surface area contributed by atoms with Crippen LogP contribution in [0.1, 0.15) is 38.1 Å². The van der Waals surface area contributed by atoms with Gasteiger partial charge in [0.05, 0.1) is 12.1 Å². The summed E-state index contributed by atoms with van der Waals surface area (Å²) in [6.07, 6.45) is 7.89. The lowest BCUT2D eigenvalue weighted by molar-refractivity contribution is 0.0154. The molecule has 0 radical (unpaired) electrons. The van der Waals surface area contributed by atoms with Crippen molar-refractivity contribution in [3.63, 3.8) is 0 Å².